The number of benzene rings is 2. The summed E-state index contributed by atoms with van der Waals surface area (Å²) in [5, 5.41) is 2.87. The number of anilines is 2. The highest BCUT2D eigenvalue weighted by Gasteiger charge is 2.35. The third-order valence-electron chi connectivity index (χ3n) is 5.55. The molecule has 0 radical (unpaired) electrons. The van der Waals surface area contributed by atoms with Gasteiger partial charge in [-0.3, -0.25) is 14.4 Å². The van der Waals surface area contributed by atoms with E-state index in [0.717, 1.165) is 24.9 Å². The first-order valence-corrected chi connectivity index (χ1v) is 11.0. The van der Waals surface area contributed by atoms with Gasteiger partial charge in [0.05, 0.1) is 5.92 Å². The quantitative estimate of drug-likeness (QED) is 0.651. The fourth-order valence-electron chi connectivity index (χ4n) is 3.51. The maximum Gasteiger partial charge on any atom is 0.259 e. The van der Waals surface area contributed by atoms with Crippen molar-refractivity contribution in [3.05, 3.63) is 54.1 Å². The highest BCUT2D eigenvalue weighted by molar-refractivity contribution is 6.03. The minimum Gasteiger partial charge on any atom is -0.484 e. The molecule has 7 heteroatoms. The molecule has 170 valence electrons. The van der Waals surface area contributed by atoms with Crippen LogP contribution in [0.1, 0.15) is 31.7 Å². The fraction of sp³-hybridized carbons (Fsp3) is 0.400. The second-order valence-electron chi connectivity index (χ2n) is 8.27. The maximum atomic E-state index is 12.7. The van der Waals surface area contributed by atoms with Crippen LogP contribution in [-0.4, -0.2) is 49.9 Å². The van der Waals surface area contributed by atoms with Gasteiger partial charge in [0, 0.05) is 38.4 Å². The molecule has 3 amide bonds. The van der Waals surface area contributed by atoms with Crippen molar-refractivity contribution in [3.63, 3.8) is 0 Å². The van der Waals surface area contributed by atoms with Crippen molar-refractivity contribution in [2.24, 2.45) is 5.92 Å². The van der Waals surface area contributed by atoms with E-state index in [2.05, 4.69) is 24.4 Å². The highest BCUT2D eigenvalue weighted by atomic mass is 16.5. The third-order valence-corrected chi connectivity index (χ3v) is 5.55. The van der Waals surface area contributed by atoms with Crippen LogP contribution in [0.2, 0.25) is 0 Å². The number of hydrogen-bond acceptors (Lipinski definition) is 4. The number of nitrogens with zero attached hydrogens (tertiary/aromatic N) is 2. The maximum absolute atomic E-state index is 12.7. The molecule has 2 aromatic carbocycles. The van der Waals surface area contributed by atoms with Crippen LogP contribution >= 0.6 is 0 Å². The monoisotopic (exact) mass is 437 g/mol. The van der Waals surface area contributed by atoms with Gasteiger partial charge >= 0.3 is 0 Å². The number of carbonyl (C=O) groups excluding carboxylic acids is 3. The van der Waals surface area contributed by atoms with Crippen molar-refractivity contribution in [3.8, 4) is 5.75 Å². The molecule has 1 unspecified atom stereocenters. The summed E-state index contributed by atoms with van der Waals surface area (Å²) in [6, 6.07) is 14.9. The van der Waals surface area contributed by atoms with Gasteiger partial charge in [0.25, 0.3) is 5.91 Å². The molecule has 1 aliphatic heterocycles. The number of aryl methyl sites for hydroxylation is 1. The normalized spacial score (nSPS) is 15.5. The largest absolute Gasteiger partial charge is 0.484 e. The molecule has 1 atom stereocenters. The van der Waals surface area contributed by atoms with Crippen molar-refractivity contribution in [2.75, 3.05) is 37.5 Å². The van der Waals surface area contributed by atoms with Gasteiger partial charge in [-0.1, -0.05) is 25.5 Å². The zero-order valence-corrected chi connectivity index (χ0v) is 19.0. The average Bonchev–Trinajstić information content (AvgIpc) is 3.19. The molecule has 2 aromatic rings. The second kappa shape index (κ2) is 10.8. The van der Waals surface area contributed by atoms with Crippen LogP contribution in [0.4, 0.5) is 11.4 Å². The van der Waals surface area contributed by atoms with E-state index in [1.165, 1.54) is 10.5 Å². The summed E-state index contributed by atoms with van der Waals surface area (Å²) in [6.45, 7) is 2.49. The first-order valence-electron chi connectivity index (χ1n) is 11.0. The van der Waals surface area contributed by atoms with E-state index in [1.54, 1.807) is 43.3 Å². The van der Waals surface area contributed by atoms with Gasteiger partial charge < -0.3 is 19.9 Å². The van der Waals surface area contributed by atoms with E-state index in [0.29, 0.717) is 18.0 Å². The van der Waals surface area contributed by atoms with E-state index in [1.807, 2.05) is 12.1 Å². The number of rotatable bonds is 9. The van der Waals surface area contributed by atoms with E-state index < -0.39 is 5.92 Å². The predicted octanol–water partition coefficient (Wildman–Crippen LogP) is 3.49. The number of amides is 3. The Labute approximate surface area is 189 Å². The summed E-state index contributed by atoms with van der Waals surface area (Å²) in [7, 11) is 3.34. The van der Waals surface area contributed by atoms with Crippen molar-refractivity contribution < 1.29 is 19.1 Å². The van der Waals surface area contributed by atoms with Crippen LogP contribution in [0, 0.1) is 5.92 Å². The van der Waals surface area contributed by atoms with Crippen LogP contribution in [0.15, 0.2) is 48.5 Å². The fourth-order valence-corrected chi connectivity index (χ4v) is 3.51. The molecule has 1 saturated heterocycles. The van der Waals surface area contributed by atoms with E-state index in [4.69, 9.17) is 4.74 Å². The molecule has 1 aliphatic rings. The number of carbonyl (C=O) groups is 3. The number of nitrogens with one attached hydrogen (secondary N) is 1. The Kier molecular flexibility index (Phi) is 7.87. The lowest BCUT2D eigenvalue weighted by Gasteiger charge is -2.17. The minimum absolute atomic E-state index is 0.0410. The first-order chi connectivity index (χ1) is 15.4. The SMILES string of the molecule is CCCCc1ccc(N2CC(C(=O)Nc3ccc(OCC(=O)N(C)C)cc3)CC2=O)cc1. The van der Waals surface area contributed by atoms with Crippen LogP contribution in [0.3, 0.4) is 0 Å². The molecule has 7 nitrogen and oxygen atoms in total. The van der Waals surface area contributed by atoms with Crippen molar-refractivity contribution in [1.29, 1.82) is 0 Å². The Bertz CT molecular complexity index is 939. The summed E-state index contributed by atoms with van der Waals surface area (Å²) in [4.78, 5) is 40.0. The molecule has 0 aliphatic carbocycles. The summed E-state index contributed by atoms with van der Waals surface area (Å²) >= 11 is 0. The standard InChI is InChI=1S/C25H31N3O4/c1-4-5-6-18-7-11-21(12-8-18)28-16-19(15-23(28)29)25(31)26-20-9-13-22(14-10-20)32-17-24(30)27(2)3/h7-14,19H,4-6,15-17H2,1-3H3,(H,26,31). The van der Waals surface area contributed by atoms with Gasteiger partial charge in [0.15, 0.2) is 6.61 Å². The summed E-state index contributed by atoms with van der Waals surface area (Å²) in [5.41, 5.74) is 2.71. The Morgan fingerprint density at radius 1 is 1.09 bits per heavy atom. The summed E-state index contributed by atoms with van der Waals surface area (Å²) in [5.74, 6) is -0.218. The Morgan fingerprint density at radius 3 is 2.41 bits per heavy atom. The lowest BCUT2D eigenvalue weighted by Crippen LogP contribution is -2.28. The Balaban J connectivity index is 1.53. The smallest absolute Gasteiger partial charge is 0.259 e. The van der Waals surface area contributed by atoms with Crippen molar-refractivity contribution in [2.45, 2.75) is 32.6 Å². The zero-order valence-electron chi connectivity index (χ0n) is 19.0. The van der Waals surface area contributed by atoms with Gasteiger partial charge in [0.2, 0.25) is 11.8 Å². The van der Waals surface area contributed by atoms with Gasteiger partial charge in [-0.05, 0) is 54.8 Å². The number of ether oxygens (including phenoxy) is 1. The third kappa shape index (κ3) is 6.09. The molecule has 1 fully saturated rings. The number of unbranched alkanes of at least 4 members (excludes halogenated alkanes) is 1. The molecule has 1 heterocycles. The number of hydrogen-bond donors (Lipinski definition) is 1. The Morgan fingerprint density at radius 2 is 1.78 bits per heavy atom. The average molecular weight is 438 g/mol. The number of likely N-dealkylation sites (N-methyl/N-ethyl adjacent to an activating group) is 1. The molecule has 32 heavy (non-hydrogen) atoms. The Hall–Kier alpha value is -3.35. The van der Waals surface area contributed by atoms with Crippen LogP contribution in [-0.2, 0) is 20.8 Å². The lowest BCUT2D eigenvalue weighted by atomic mass is 10.1. The van der Waals surface area contributed by atoms with E-state index in [-0.39, 0.29) is 30.7 Å². The second-order valence-corrected chi connectivity index (χ2v) is 8.27. The minimum atomic E-state index is -0.407. The van der Waals surface area contributed by atoms with Gasteiger partial charge in [-0.2, -0.15) is 0 Å². The van der Waals surface area contributed by atoms with Crippen LogP contribution in [0.25, 0.3) is 0 Å². The molecule has 0 aromatic heterocycles. The van der Waals surface area contributed by atoms with Crippen LogP contribution in [0.5, 0.6) is 5.75 Å². The zero-order chi connectivity index (χ0) is 23.1. The van der Waals surface area contributed by atoms with E-state index in [9.17, 15) is 14.4 Å². The van der Waals surface area contributed by atoms with E-state index >= 15 is 0 Å². The van der Waals surface area contributed by atoms with Crippen LogP contribution < -0.4 is 15.0 Å². The molecular weight excluding hydrogens is 406 g/mol. The van der Waals surface area contributed by atoms with Gasteiger partial charge in [-0.25, -0.2) is 0 Å². The predicted molar refractivity (Wildman–Crippen MR) is 125 cm³/mol. The van der Waals surface area contributed by atoms with Gasteiger partial charge in [0.1, 0.15) is 5.75 Å². The topological polar surface area (TPSA) is 79.0 Å². The highest BCUT2D eigenvalue weighted by Crippen LogP contribution is 2.27. The van der Waals surface area contributed by atoms with Crippen molar-refractivity contribution >= 4 is 29.1 Å². The molecule has 3 rings (SSSR count). The first kappa shape index (κ1) is 23.3. The molecule has 1 N–H and O–H groups in total. The molecular formula is C25H31N3O4. The molecule has 0 bridgehead atoms. The molecule has 0 saturated carbocycles. The summed E-state index contributed by atoms with van der Waals surface area (Å²) in [6.07, 6.45) is 3.52. The van der Waals surface area contributed by atoms with Gasteiger partial charge in [-0.15, -0.1) is 0 Å². The van der Waals surface area contributed by atoms with Crippen molar-refractivity contribution in [1.82, 2.24) is 4.90 Å². The molecule has 0 spiro atoms. The lowest BCUT2D eigenvalue weighted by molar-refractivity contribution is -0.130. The summed E-state index contributed by atoms with van der Waals surface area (Å²) < 4.78 is 5.44.